The molecule has 0 aliphatic rings. The molecular formula is C15H16N2O4S. The molecule has 0 fully saturated rings. The van der Waals surface area contributed by atoms with Crippen LogP contribution in [0.4, 0.5) is 5.69 Å². The molecule has 0 spiro atoms. The molecule has 0 aliphatic heterocycles. The van der Waals surface area contributed by atoms with E-state index >= 15 is 0 Å². The molecule has 0 saturated carbocycles. The van der Waals surface area contributed by atoms with Crippen molar-refractivity contribution in [2.24, 2.45) is 0 Å². The molecule has 2 aromatic carbocycles. The topological polar surface area (TPSA) is 89.3 Å². The van der Waals surface area contributed by atoms with Gasteiger partial charge in [-0.1, -0.05) is 37.3 Å². The van der Waals surface area contributed by atoms with Gasteiger partial charge in [0.2, 0.25) is 10.0 Å². The lowest BCUT2D eigenvalue weighted by atomic mass is 10.0. The summed E-state index contributed by atoms with van der Waals surface area (Å²) in [6, 6.07) is 14.4. The summed E-state index contributed by atoms with van der Waals surface area (Å²) in [7, 11) is -3.68. The van der Waals surface area contributed by atoms with Crippen LogP contribution in [-0.2, 0) is 10.0 Å². The average molecular weight is 320 g/mol. The molecule has 116 valence electrons. The molecular weight excluding hydrogens is 304 g/mol. The van der Waals surface area contributed by atoms with Crippen LogP contribution in [0.25, 0.3) is 0 Å². The van der Waals surface area contributed by atoms with Gasteiger partial charge in [0, 0.05) is 18.7 Å². The predicted molar refractivity (Wildman–Crippen MR) is 83.1 cm³/mol. The Bertz CT molecular complexity index is 743. The quantitative estimate of drug-likeness (QED) is 0.654. The van der Waals surface area contributed by atoms with Crippen molar-refractivity contribution in [2.45, 2.75) is 17.7 Å². The number of nitro benzene ring substituents is 1. The van der Waals surface area contributed by atoms with E-state index in [1.54, 1.807) is 0 Å². The molecule has 0 aliphatic carbocycles. The first-order valence-corrected chi connectivity index (χ1v) is 8.17. The van der Waals surface area contributed by atoms with Gasteiger partial charge in [-0.05, 0) is 23.6 Å². The number of non-ortho nitro benzene ring substituents is 1. The van der Waals surface area contributed by atoms with Crippen LogP contribution in [0.5, 0.6) is 0 Å². The zero-order valence-electron chi connectivity index (χ0n) is 12.0. The second-order valence-corrected chi connectivity index (χ2v) is 6.68. The maximum Gasteiger partial charge on any atom is 0.269 e. The van der Waals surface area contributed by atoms with Crippen LogP contribution in [0.15, 0.2) is 59.5 Å². The van der Waals surface area contributed by atoms with Crippen molar-refractivity contribution in [3.05, 3.63) is 70.3 Å². The van der Waals surface area contributed by atoms with Gasteiger partial charge in [-0.15, -0.1) is 0 Å². The second-order valence-electron chi connectivity index (χ2n) is 4.91. The van der Waals surface area contributed by atoms with E-state index in [0.29, 0.717) is 0 Å². The molecule has 0 amide bonds. The van der Waals surface area contributed by atoms with Crippen molar-refractivity contribution in [3.63, 3.8) is 0 Å². The van der Waals surface area contributed by atoms with Crippen molar-refractivity contribution in [2.75, 3.05) is 6.54 Å². The third-order valence-corrected chi connectivity index (χ3v) is 4.75. The molecule has 2 rings (SSSR count). The fourth-order valence-corrected chi connectivity index (χ4v) is 3.09. The lowest BCUT2D eigenvalue weighted by Gasteiger charge is -2.13. The minimum Gasteiger partial charge on any atom is -0.258 e. The number of hydrogen-bond acceptors (Lipinski definition) is 4. The predicted octanol–water partition coefficient (Wildman–Crippen LogP) is 2.68. The Balaban J connectivity index is 2.06. The summed E-state index contributed by atoms with van der Waals surface area (Å²) in [4.78, 5) is 10.0. The Hall–Kier alpha value is -2.25. The Labute approximate surface area is 129 Å². The van der Waals surface area contributed by atoms with Crippen LogP contribution >= 0.6 is 0 Å². The molecule has 0 saturated heterocycles. The second kappa shape index (κ2) is 6.67. The van der Waals surface area contributed by atoms with Crippen LogP contribution in [0.3, 0.4) is 0 Å². The first-order chi connectivity index (χ1) is 10.4. The van der Waals surface area contributed by atoms with Crippen molar-refractivity contribution >= 4 is 15.7 Å². The lowest BCUT2D eigenvalue weighted by molar-refractivity contribution is -0.384. The number of hydrogen-bond donors (Lipinski definition) is 1. The zero-order valence-corrected chi connectivity index (χ0v) is 12.8. The maximum absolute atomic E-state index is 12.2. The first kappa shape index (κ1) is 16.1. The summed E-state index contributed by atoms with van der Waals surface area (Å²) in [6.45, 7) is 2.18. The molecule has 1 N–H and O–H groups in total. The molecule has 0 bridgehead atoms. The maximum atomic E-state index is 12.2. The molecule has 1 atom stereocenters. The van der Waals surface area contributed by atoms with E-state index in [-0.39, 0.29) is 23.0 Å². The van der Waals surface area contributed by atoms with E-state index in [9.17, 15) is 18.5 Å². The van der Waals surface area contributed by atoms with Gasteiger partial charge in [0.25, 0.3) is 5.69 Å². The summed E-state index contributed by atoms with van der Waals surface area (Å²) < 4.78 is 26.9. The monoisotopic (exact) mass is 320 g/mol. The van der Waals surface area contributed by atoms with Crippen molar-refractivity contribution in [3.8, 4) is 0 Å². The zero-order chi connectivity index (χ0) is 16.2. The highest BCUT2D eigenvalue weighted by Crippen LogP contribution is 2.17. The van der Waals surface area contributed by atoms with E-state index in [0.717, 1.165) is 5.56 Å². The van der Waals surface area contributed by atoms with Gasteiger partial charge in [-0.2, -0.15) is 0 Å². The van der Waals surface area contributed by atoms with Crippen LogP contribution < -0.4 is 4.72 Å². The Morgan fingerprint density at radius 2 is 1.68 bits per heavy atom. The summed E-state index contributed by atoms with van der Waals surface area (Å²) in [5.41, 5.74) is 0.894. The molecule has 0 heterocycles. The fraction of sp³-hybridized carbons (Fsp3) is 0.200. The summed E-state index contributed by atoms with van der Waals surface area (Å²) >= 11 is 0. The van der Waals surface area contributed by atoms with Gasteiger partial charge < -0.3 is 0 Å². The first-order valence-electron chi connectivity index (χ1n) is 6.69. The summed E-state index contributed by atoms with van der Waals surface area (Å²) in [5.74, 6) is 0.0222. The van der Waals surface area contributed by atoms with Gasteiger partial charge in [0.05, 0.1) is 9.82 Å². The fourth-order valence-electron chi connectivity index (χ4n) is 1.96. The number of nitrogens with zero attached hydrogens (tertiary/aromatic N) is 1. The molecule has 0 aromatic heterocycles. The lowest BCUT2D eigenvalue weighted by Crippen LogP contribution is -2.27. The summed E-state index contributed by atoms with van der Waals surface area (Å²) in [6.07, 6.45) is 0. The van der Waals surface area contributed by atoms with Crippen molar-refractivity contribution in [1.29, 1.82) is 0 Å². The van der Waals surface area contributed by atoms with Gasteiger partial charge in [-0.3, -0.25) is 10.1 Å². The molecule has 1 unspecified atom stereocenters. The highest BCUT2D eigenvalue weighted by molar-refractivity contribution is 7.89. The van der Waals surface area contributed by atoms with Gasteiger partial charge >= 0.3 is 0 Å². The van der Waals surface area contributed by atoms with Crippen LogP contribution in [0.2, 0.25) is 0 Å². The van der Waals surface area contributed by atoms with Crippen LogP contribution in [0.1, 0.15) is 18.4 Å². The smallest absolute Gasteiger partial charge is 0.258 e. The SMILES string of the molecule is CC(CNS(=O)(=O)c1ccc([N+](=O)[O-])cc1)c1ccccc1. The number of rotatable bonds is 6. The summed E-state index contributed by atoms with van der Waals surface area (Å²) in [5, 5.41) is 10.6. The minimum absolute atomic E-state index is 0.0124. The Morgan fingerprint density at radius 1 is 1.09 bits per heavy atom. The number of nitro groups is 1. The molecule has 22 heavy (non-hydrogen) atoms. The van der Waals surface area contributed by atoms with Crippen LogP contribution in [0, 0.1) is 10.1 Å². The van der Waals surface area contributed by atoms with Gasteiger partial charge in [-0.25, -0.2) is 13.1 Å². The van der Waals surface area contributed by atoms with E-state index in [2.05, 4.69) is 4.72 Å². The molecule has 7 heteroatoms. The Morgan fingerprint density at radius 3 is 2.23 bits per heavy atom. The van der Waals surface area contributed by atoms with Gasteiger partial charge in [0.15, 0.2) is 0 Å². The van der Waals surface area contributed by atoms with E-state index < -0.39 is 14.9 Å². The highest BCUT2D eigenvalue weighted by atomic mass is 32.2. The number of benzene rings is 2. The van der Waals surface area contributed by atoms with Gasteiger partial charge in [0.1, 0.15) is 0 Å². The normalized spacial score (nSPS) is 12.8. The van der Waals surface area contributed by atoms with E-state index in [4.69, 9.17) is 0 Å². The third kappa shape index (κ3) is 3.90. The molecule has 2 aromatic rings. The molecule has 0 radical (unpaired) electrons. The third-order valence-electron chi connectivity index (χ3n) is 3.31. The molecule has 6 nitrogen and oxygen atoms in total. The Kier molecular flexibility index (Phi) is 4.89. The highest BCUT2D eigenvalue weighted by Gasteiger charge is 2.17. The van der Waals surface area contributed by atoms with E-state index in [1.165, 1.54) is 24.3 Å². The van der Waals surface area contributed by atoms with E-state index in [1.807, 2.05) is 37.3 Å². The number of nitrogens with one attached hydrogen (secondary N) is 1. The minimum atomic E-state index is -3.68. The van der Waals surface area contributed by atoms with Crippen molar-refractivity contribution in [1.82, 2.24) is 4.72 Å². The number of sulfonamides is 1. The van der Waals surface area contributed by atoms with Crippen molar-refractivity contribution < 1.29 is 13.3 Å². The average Bonchev–Trinajstić information content (AvgIpc) is 2.53. The largest absolute Gasteiger partial charge is 0.269 e. The standard InChI is InChI=1S/C15H16N2O4S/c1-12(13-5-3-2-4-6-13)11-16-22(20,21)15-9-7-14(8-10-15)17(18)19/h2-10,12,16H,11H2,1H3. The van der Waals surface area contributed by atoms with Crippen LogP contribution in [-0.4, -0.2) is 19.9 Å².